The third-order valence-corrected chi connectivity index (χ3v) is 6.21. The molecule has 0 saturated carbocycles. The normalized spacial score (nSPS) is 20.2. The van der Waals surface area contributed by atoms with Crippen LogP contribution in [0.1, 0.15) is 37.7 Å². The number of hydrogen-bond donors (Lipinski definition) is 1. The lowest BCUT2D eigenvalue weighted by atomic mass is 10.1. The number of nitrogens with one attached hydrogen (secondary N) is 1. The van der Waals surface area contributed by atoms with Crippen LogP contribution in [-0.4, -0.2) is 84.3 Å². The van der Waals surface area contributed by atoms with E-state index in [0.29, 0.717) is 23.4 Å². The first-order valence-corrected chi connectivity index (χ1v) is 11.7. The summed E-state index contributed by atoms with van der Waals surface area (Å²) >= 11 is 0. The first kappa shape index (κ1) is 24.5. The van der Waals surface area contributed by atoms with Crippen LogP contribution in [0.4, 0.5) is 0 Å². The number of piperidine rings is 1. The van der Waals surface area contributed by atoms with E-state index in [4.69, 9.17) is 23.7 Å². The van der Waals surface area contributed by atoms with Crippen LogP contribution in [0.15, 0.2) is 17.1 Å². The zero-order chi connectivity index (χ0) is 22.8. The summed E-state index contributed by atoms with van der Waals surface area (Å²) in [5.41, 5.74) is 1.06. The number of aliphatic imine (C=N–C) groups is 1. The third kappa shape index (κ3) is 6.42. The van der Waals surface area contributed by atoms with Gasteiger partial charge in [-0.25, -0.2) is 0 Å². The van der Waals surface area contributed by atoms with Gasteiger partial charge >= 0.3 is 0 Å². The molecule has 32 heavy (non-hydrogen) atoms. The van der Waals surface area contributed by atoms with E-state index in [9.17, 15) is 0 Å². The van der Waals surface area contributed by atoms with Crippen LogP contribution in [0, 0.1) is 0 Å². The second kappa shape index (κ2) is 12.7. The van der Waals surface area contributed by atoms with Crippen LogP contribution < -0.4 is 19.5 Å². The molecule has 0 aromatic heterocycles. The largest absolute Gasteiger partial charge is 0.493 e. The van der Waals surface area contributed by atoms with Gasteiger partial charge in [-0.05, 0) is 44.6 Å². The number of guanidine groups is 1. The Kier molecular flexibility index (Phi) is 9.74. The minimum absolute atomic E-state index is 0.282. The SMILES string of the molecule is CN=C(NCCc1ccc(OC)c(OC)c1OC)N1CCC(OCC2CCCCO2)CC1. The van der Waals surface area contributed by atoms with Crippen molar-refractivity contribution >= 4 is 5.96 Å². The summed E-state index contributed by atoms with van der Waals surface area (Å²) in [6.07, 6.45) is 6.96. The smallest absolute Gasteiger partial charge is 0.203 e. The second-order valence-corrected chi connectivity index (χ2v) is 8.23. The molecular formula is C24H39N3O5. The van der Waals surface area contributed by atoms with E-state index in [1.807, 2.05) is 19.2 Å². The molecule has 0 aliphatic carbocycles. The van der Waals surface area contributed by atoms with Crippen molar-refractivity contribution in [3.8, 4) is 17.2 Å². The summed E-state index contributed by atoms with van der Waals surface area (Å²) in [6.45, 7) is 4.23. The number of methoxy groups -OCH3 is 3. The topological polar surface area (TPSA) is 73.8 Å². The van der Waals surface area contributed by atoms with Crippen LogP contribution in [-0.2, 0) is 15.9 Å². The Labute approximate surface area is 192 Å². The monoisotopic (exact) mass is 449 g/mol. The van der Waals surface area contributed by atoms with Crippen LogP contribution in [0.25, 0.3) is 0 Å². The zero-order valence-corrected chi connectivity index (χ0v) is 20.0. The van der Waals surface area contributed by atoms with Gasteiger partial charge in [0.15, 0.2) is 17.5 Å². The summed E-state index contributed by atoms with van der Waals surface area (Å²) in [4.78, 5) is 6.79. The lowest BCUT2D eigenvalue weighted by Crippen LogP contribution is -2.47. The maximum Gasteiger partial charge on any atom is 0.203 e. The predicted molar refractivity (Wildman–Crippen MR) is 125 cm³/mol. The molecule has 0 radical (unpaired) electrons. The Balaban J connectivity index is 1.44. The Morgan fingerprint density at radius 2 is 1.84 bits per heavy atom. The maximum absolute atomic E-state index is 6.14. The average Bonchev–Trinajstić information content (AvgIpc) is 2.85. The van der Waals surface area contributed by atoms with Crippen molar-refractivity contribution in [2.45, 2.75) is 50.7 Å². The van der Waals surface area contributed by atoms with E-state index in [0.717, 1.165) is 70.1 Å². The summed E-state index contributed by atoms with van der Waals surface area (Å²) in [5.74, 6) is 2.93. The fraction of sp³-hybridized carbons (Fsp3) is 0.708. The molecule has 2 heterocycles. The van der Waals surface area contributed by atoms with Crippen molar-refractivity contribution in [3.05, 3.63) is 17.7 Å². The van der Waals surface area contributed by atoms with Gasteiger partial charge in [0.25, 0.3) is 0 Å². The molecule has 0 amide bonds. The standard InChI is InChI=1S/C24H39N3O5/c1-25-24(26-13-10-18-8-9-21(28-2)23(30-4)22(18)29-3)27-14-11-19(12-15-27)32-17-20-7-5-6-16-31-20/h8-9,19-20H,5-7,10-17H2,1-4H3,(H,25,26). The summed E-state index contributed by atoms with van der Waals surface area (Å²) < 4.78 is 28.4. The fourth-order valence-corrected chi connectivity index (χ4v) is 4.42. The molecule has 2 aliphatic rings. The van der Waals surface area contributed by atoms with E-state index in [2.05, 4.69) is 15.2 Å². The number of ether oxygens (including phenoxy) is 5. The maximum atomic E-state index is 6.14. The number of rotatable bonds is 9. The number of nitrogens with zero attached hydrogens (tertiary/aromatic N) is 2. The van der Waals surface area contributed by atoms with Crippen molar-refractivity contribution in [1.29, 1.82) is 0 Å². The highest BCUT2D eigenvalue weighted by molar-refractivity contribution is 5.80. The number of benzene rings is 1. The molecule has 1 aromatic rings. The summed E-state index contributed by atoms with van der Waals surface area (Å²) in [6, 6.07) is 3.93. The first-order chi connectivity index (χ1) is 15.7. The average molecular weight is 450 g/mol. The molecular weight excluding hydrogens is 410 g/mol. The minimum atomic E-state index is 0.282. The van der Waals surface area contributed by atoms with Gasteiger partial charge in [0.05, 0.1) is 40.1 Å². The minimum Gasteiger partial charge on any atom is -0.493 e. The van der Waals surface area contributed by atoms with E-state index >= 15 is 0 Å². The molecule has 0 spiro atoms. The van der Waals surface area contributed by atoms with E-state index < -0.39 is 0 Å². The summed E-state index contributed by atoms with van der Waals surface area (Å²) in [7, 11) is 6.74. The Morgan fingerprint density at radius 1 is 1.06 bits per heavy atom. The van der Waals surface area contributed by atoms with Gasteiger partial charge in [0.2, 0.25) is 5.75 Å². The van der Waals surface area contributed by atoms with Gasteiger partial charge < -0.3 is 33.9 Å². The van der Waals surface area contributed by atoms with Crippen molar-refractivity contribution < 1.29 is 23.7 Å². The molecule has 1 atom stereocenters. The quantitative estimate of drug-likeness (QED) is 0.459. The van der Waals surface area contributed by atoms with Gasteiger partial charge in [-0.1, -0.05) is 6.07 Å². The fourth-order valence-electron chi connectivity index (χ4n) is 4.42. The lowest BCUT2D eigenvalue weighted by molar-refractivity contribution is -0.0721. The Bertz CT molecular complexity index is 729. The first-order valence-electron chi connectivity index (χ1n) is 11.7. The van der Waals surface area contributed by atoms with Crippen LogP contribution in [0.5, 0.6) is 17.2 Å². The molecule has 1 N–H and O–H groups in total. The Morgan fingerprint density at radius 3 is 2.47 bits per heavy atom. The van der Waals surface area contributed by atoms with Gasteiger partial charge in [0, 0.05) is 38.9 Å². The molecule has 0 bridgehead atoms. The molecule has 2 fully saturated rings. The molecule has 180 valence electrons. The van der Waals surface area contributed by atoms with Crippen molar-refractivity contribution in [1.82, 2.24) is 10.2 Å². The van der Waals surface area contributed by atoms with Crippen LogP contribution in [0.2, 0.25) is 0 Å². The second-order valence-electron chi connectivity index (χ2n) is 8.23. The van der Waals surface area contributed by atoms with Crippen molar-refractivity contribution in [2.75, 3.05) is 61.2 Å². The molecule has 8 nitrogen and oxygen atoms in total. The van der Waals surface area contributed by atoms with E-state index in [1.54, 1.807) is 21.3 Å². The lowest BCUT2D eigenvalue weighted by Gasteiger charge is -2.35. The zero-order valence-electron chi connectivity index (χ0n) is 20.0. The van der Waals surface area contributed by atoms with Gasteiger partial charge in [-0.3, -0.25) is 4.99 Å². The number of likely N-dealkylation sites (tertiary alicyclic amines) is 1. The van der Waals surface area contributed by atoms with Crippen molar-refractivity contribution in [2.24, 2.45) is 4.99 Å². The molecule has 8 heteroatoms. The third-order valence-electron chi connectivity index (χ3n) is 6.21. The van der Waals surface area contributed by atoms with Gasteiger partial charge in [-0.2, -0.15) is 0 Å². The predicted octanol–water partition coefficient (Wildman–Crippen LogP) is 2.88. The molecule has 1 aromatic carbocycles. The van der Waals surface area contributed by atoms with Gasteiger partial charge in [-0.15, -0.1) is 0 Å². The number of hydrogen-bond acceptors (Lipinski definition) is 6. The highest BCUT2D eigenvalue weighted by atomic mass is 16.5. The molecule has 2 aliphatic heterocycles. The van der Waals surface area contributed by atoms with Gasteiger partial charge in [0.1, 0.15) is 0 Å². The molecule has 2 saturated heterocycles. The van der Waals surface area contributed by atoms with Crippen LogP contribution >= 0.6 is 0 Å². The molecule has 3 rings (SSSR count). The highest BCUT2D eigenvalue weighted by Crippen LogP contribution is 2.39. The molecule has 1 unspecified atom stereocenters. The van der Waals surface area contributed by atoms with Crippen LogP contribution in [0.3, 0.4) is 0 Å². The van der Waals surface area contributed by atoms with Crippen molar-refractivity contribution in [3.63, 3.8) is 0 Å². The highest BCUT2D eigenvalue weighted by Gasteiger charge is 2.24. The van der Waals surface area contributed by atoms with E-state index in [1.165, 1.54) is 12.8 Å². The summed E-state index contributed by atoms with van der Waals surface area (Å²) in [5, 5.41) is 3.49. The Hall–Kier alpha value is -2.19. The van der Waals surface area contributed by atoms with E-state index in [-0.39, 0.29) is 6.10 Å².